The molecule has 1 aromatic carbocycles. The number of hydrogen-bond donors (Lipinski definition) is 2. The van der Waals surface area contributed by atoms with Gasteiger partial charge in [-0.1, -0.05) is 6.42 Å². The Morgan fingerprint density at radius 2 is 2.00 bits per heavy atom. The third-order valence-corrected chi connectivity index (χ3v) is 3.64. The first kappa shape index (κ1) is 13.3. The van der Waals surface area contributed by atoms with Gasteiger partial charge in [0.2, 0.25) is 0 Å². The quantitative estimate of drug-likeness (QED) is 0.817. The van der Waals surface area contributed by atoms with E-state index in [1.807, 2.05) is 0 Å². The molecule has 0 atom stereocenters. The molecule has 0 amide bonds. The minimum absolute atomic E-state index is 0.182. The lowest BCUT2D eigenvalue weighted by Gasteiger charge is -2.38. The summed E-state index contributed by atoms with van der Waals surface area (Å²) in [6.45, 7) is 0. The normalized spacial score (nSPS) is 16.5. The van der Waals surface area contributed by atoms with Gasteiger partial charge in [-0.05, 0) is 30.5 Å². The molecule has 0 spiro atoms. The molecule has 1 aliphatic rings. The Bertz CT molecular complexity index is 548. The van der Waals surface area contributed by atoms with Crippen molar-refractivity contribution in [2.24, 2.45) is 0 Å². The number of halogens is 1. The highest BCUT2D eigenvalue weighted by Gasteiger charge is 2.46. The Balaban J connectivity index is 2.57. The van der Waals surface area contributed by atoms with E-state index in [0.717, 1.165) is 19.6 Å². The minimum Gasteiger partial charge on any atom is -0.504 e. The van der Waals surface area contributed by atoms with Crippen LogP contribution in [0.5, 0.6) is 5.75 Å². The first-order chi connectivity index (χ1) is 8.92. The van der Waals surface area contributed by atoms with Gasteiger partial charge in [0.25, 0.3) is 0 Å². The zero-order valence-corrected chi connectivity index (χ0v) is 10.3. The molecule has 0 heterocycles. The van der Waals surface area contributed by atoms with Crippen molar-refractivity contribution in [1.82, 2.24) is 0 Å². The van der Waals surface area contributed by atoms with Crippen LogP contribution < -0.4 is 0 Å². The number of phenolic OH excluding ortho intramolecular Hbond substituents is 1. The maximum atomic E-state index is 13.6. The highest BCUT2D eigenvalue weighted by molar-refractivity contribution is 5.93. The van der Waals surface area contributed by atoms with Crippen molar-refractivity contribution in [3.63, 3.8) is 0 Å². The summed E-state index contributed by atoms with van der Waals surface area (Å²) in [5, 5.41) is 18.8. The van der Waals surface area contributed by atoms with E-state index in [4.69, 9.17) is 0 Å². The number of rotatable bonds is 3. The Morgan fingerprint density at radius 3 is 2.42 bits per heavy atom. The Labute approximate surface area is 108 Å². The number of aromatic hydroxyl groups is 1. The molecule has 0 aromatic heterocycles. The summed E-state index contributed by atoms with van der Waals surface area (Å²) in [5.74, 6) is -3.81. The molecule has 1 aromatic rings. The summed E-state index contributed by atoms with van der Waals surface area (Å²) in [5.41, 5.74) is -1.34. The van der Waals surface area contributed by atoms with Crippen LogP contribution in [-0.4, -0.2) is 29.3 Å². The smallest absolute Gasteiger partial charge is 0.341 e. The summed E-state index contributed by atoms with van der Waals surface area (Å²) < 4.78 is 18.1. The van der Waals surface area contributed by atoms with Crippen LogP contribution in [0.2, 0.25) is 0 Å². The summed E-state index contributed by atoms with van der Waals surface area (Å²) >= 11 is 0. The topological polar surface area (TPSA) is 83.8 Å². The van der Waals surface area contributed by atoms with Gasteiger partial charge in [-0.2, -0.15) is 0 Å². The van der Waals surface area contributed by atoms with E-state index in [9.17, 15) is 24.2 Å². The van der Waals surface area contributed by atoms with Crippen molar-refractivity contribution >= 4 is 11.9 Å². The fourth-order valence-corrected chi connectivity index (χ4v) is 2.30. The number of phenols is 1. The molecule has 2 rings (SSSR count). The first-order valence-electron chi connectivity index (χ1n) is 5.77. The second kappa shape index (κ2) is 4.53. The lowest BCUT2D eigenvalue weighted by Crippen LogP contribution is -2.42. The third-order valence-electron chi connectivity index (χ3n) is 3.64. The highest BCUT2D eigenvalue weighted by Crippen LogP contribution is 2.45. The number of ether oxygens (including phenoxy) is 1. The van der Waals surface area contributed by atoms with Gasteiger partial charge in [0.05, 0.1) is 12.5 Å². The van der Waals surface area contributed by atoms with Crippen LogP contribution in [0.4, 0.5) is 4.39 Å². The lowest BCUT2D eigenvalue weighted by molar-refractivity contribution is -0.147. The summed E-state index contributed by atoms with van der Waals surface area (Å²) in [6.07, 6.45) is 1.49. The zero-order valence-electron chi connectivity index (χ0n) is 10.3. The van der Waals surface area contributed by atoms with Gasteiger partial charge in [0.1, 0.15) is 5.56 Å². The van der Waals surface area contributed by atoms with Crippen LogP contribution >= 0.6 is 0 Å². The van der Waals surface area contributed by atoms with Crippen LogP contribution in [0.3, 0.4) is 0 Å². The van der Waals surface area contributed by atoms with Crippen LogP contribution in [0, 0.1) is 5.82 Å². The first-order valence-corrected chi connectivity index (χ1v) is 5.77. The fraction of sp³-hybridized carbons (Fsp3) is 0.385. The number of carboxylic acids is 1. The second-order valence-electron chi connectivity index (χ2n) is 4.59. The number of carbonyl (C=O) groups is 2. The Hall–Kier alpha value is -2.11. The molecule has 0 unspecified atom stereocenters. The summed E-state index contributed by atoms with van der Waals surface area (Å²) in [7, 11) is 1.10. The van der Waals surface area contributed by atoms with Gasteiger partial charge in [-0.25, -0.2) is 9.18 Å². The molecule has 0 aliphatic heterocycles. The summed E-state index contributed by atoms with van der Waals surface area (Å²) in [6, 6.07) is 2.16. The molecular formula is C13H13FO5. The molecule has 0 radical (unpaired) electrons. The fourth-order valence-electron chi connectivity index (χ4n) is 2.30. The SMILES string of the molecule is COC(=O)c1cc(C2(C(=O)O)CCC2)cc(F)c1O. The van der Waals surface area contributed by atoms with E-state index >= 15 is 0 Å². The van der Waals surface area contributed by atoms with Crippen molar-refractivity contribution < 1.29 is 28.9 Å². The molecule has 2 N–H and O–H groups in total. The number of carboxylic acid groups (broad SMARTS) is 1. The van der Waals surface area contributed by atoms with E-state index in [2.05, 4.69) is 4.74 Å². The number of carbonyl (C=O) groups excluding carboxylic acids is 1. The molecule has 19 heavy (non-hydrogen) atoms. The highest BCUT2D eigenvalue weighted by atomic mass is 19.1. The van der Waals surface area contributed by atoms with Gasteiger partial charge >= 0.3 is 11.9 Å². The number of aliphatic carboxylic acids is 1. The van der Waals surface area contributed by atoms with Crippen LogP contribution in [0.25, 0.3) is 0 Å². The van der Waals surface area contributed by atoms with Crippen LogP contribution in [0.15, 0.2) is 12.1 Å². The van der Waals surface area contributed by atoms with E-state index in [1.165, 1.54) is 6.07 Å². The molecule has 1 fully saturated rings. The molecule has 0 saturated heterocycles. The van der Waals surface area contributed by atoms with Crippen LogP contribution in [0.1, 0.15) is 35.2 Å². The standard InChI is InChI=1S/C13H13FO5/c1-19-11(16)8-5-7(6-9(14)10(8)15)13(12(17)18)3-2-4-13/h5-6,15H,2-4H2,1H3,(H,17,18). The molecule has 1 aliphatic carbocycles. The predicted molar refractivity (Wildman–Crippen MR) is 62.6 cm³/mol. The Kier molecular flexibility index (Phi) is 3.18. The van der Waals surface area contributed by atoms with Crippen molar-refractivity contribution in [3.8, 4) is 5.75 Å². The van der Waals surface area contributed by atoms with Crippen molar-refractivity contribution in [3.05, 3.63) is 29.1 Å². The monoisotopic (exact) mass is 268 g/mol. The second-order valence-corrected chi connectivity index (χ2v) is 4.59. The van der Waals surface area contributed by atoms with E-state index in [-0.39, 0.29) is 11.1 Å². The predicted octanol–water partition coefficient (Wildman–Crippen LogP) is 1.82. The minimum atomic E-state index is -1.17. The third kappa shape index (κ3) is 1.93. The molecule has 0 bridgehead atoms. The summed E-state index contributed by atoms with van der Waals surface area (Å²) in [4.78, 5) is 22.8. The van der Waals surface area contributed by atoms with Crippen molar-refractivity contribution in [1.29, 1.82) is 0 Å². The number of hydrogen-bond acceptors (Lipinski definition) is 4. The number of methoxy groups -OCH3 is 1. The van der Waals surface area contributed by atoms with Gasteiger partial charge in [-0.3, -0.25) is 4.79 Å². The van der Waals surface area contributed by atoms with E-state index < -0.39 is 28.9 Å². The van der Waals surface area contributed by atoms with Crippen LogP contribution in [-0.2, 0) is 14.9 Å². The zero-order chi connectivity index (χ0) is 14.2. The van der Waals surface area contributed by atoms with Gasteiger partial charge in [0.15, 0.2) is 11.6 Å². The van der Waals surface area contributed by atoms with E-state index in [0.29, 0.717) is 12.8 Å². The molecule has 1 saturated carbocycles. The average molecular weight is 268 g/mol. The number of esters is 1. The Morgan fingerprint density at radius 1 is 1.37 bits per heavy atom. The van der Waals surface area contributed by atoms with Gasteiger partial charge < -0.3 is 14.9 Å². The van der Waals surface area contributed by atoms with E-state index in [1.54, 1.807) is 0 Å². The van der Waals surface area contributed by atoms with Gasteiger partial charge in [-0.15, -0.1) is 0 Å². The van der Waals surface area contributed by atoms with Gasteiger partial charge in [0, 0.05) is 0 Å². The average Bonchev–Trinajstić information content (AvgIpc) is 2.30. The molecular weight excluding hydrogens is 255 g/mol. The van der Waals surface area contributed by atoms with Crippen molar-refractivity contribution in [2.45, 2.75) is 24.7 Å². The molecule has 6 heteroatoms. The van der Waals surface area contributed by atoms with Crippen molar-refractivity contribution in [2.75, 3.05) is 7.11 Å². The number of benzene rings is 1. The maximum Gasteiger partial charge on any atom is 0.341 e. The maximum absolute atomic E-state index is 13.6. The lowest BCUT2D eigenvalue weighted by atomic mass is 9.64. The molecule has 102 valence electrons. The largest absolute Gasteiger partial charge is 0.504 e. The molecule has 5 nitrogen and oxygen atoms in total.